The van der Waals surface area contributed by atoms with E-state index in [2.05, 4.69) is 6.92 Å². The minimum absolute atomic E-state index is 0.833. The van der Waals surface area contributed by atoms with Gasteiger partial charge in [-0.1, -0.05) is 19.8 Å². The Hall–Kier alpha value is 0.592. The predicted molar refractivity (Wildman–Crippen MR) is 38.1 cm³/mol. The van der Waals surface area contributed by atoms with E-state index in [0.29, 0.717) is 0 Å². The van der Waals surface area contributed by atoms with E-state index in [1.165, 1.54) is 34.4 Å². The minimum Gasteiger partial charge on any atom is -0.310 e. The van der Waals surface area contributed by atoms with E-state index >= 15 is 0 Å². The van der Waals surface area contributed by atoms with E-state index in [-0.39, 0.29) is 0 Å². The van der Waals surface area contributed by atoms with Crippen LogP contribution in [0.4, 0.5) is 0 Å². The van der Waals surface area contributed by atoms with Gasteiger partial charge in [0.15, 0.2) is 0 Å². The lowest BCUT2D eigenvalue weighted by molar-refractivity contribution is 0.524. The van der Waals surface area contributed by atoms with Gasteiger partial charge in [-0.2, -0.15) is 0 Å². The third kappa shape index (κ3) is 30.7. The maximum absolute atomic E-state index is 8.46. The predicted octanol–water partition coefficient (Wildman–Crippen LogP) is 1.02. The molecule has 1 N–H and O–H groups in total. The zero-order chi connectivity index (χ0) is 6.83. The Morgan fingerprint density at radius 2 is 2.12 bits per heavy atom. The third-order valence-corrected chi connectivity index (χ3v) is 1.41. The molecule has 0 amide bonds. The molecule has 0 atom stereocenters. The summed E-state index contributed by atoms with van der Waals surface area (Å²) in [5, 5.41) is 1.48. The fourth-order valence-corrected chi connectivity index (χ4v) is 1.06. The molecule has 0 aliphatic carbocycles. The number of hydrogen-bond donors (Lipinski definition) is 1. The summed E-state index contributed by atoms with van der Waals surface area (Å²) >= 11 is 1.40. The number of unbranched alkanes of at least 4 members (excludes halogenated alkanes) is 1. The van der Waals surface area contributed by atoms with Gasteiger partial charge in [0.25, 0.3) is 0 Å². The molecule has 0 aromatic carbocycles. The van der Waals surface area contributed by atoms with Crippen molar-refractivity contribution < 1.29 is 9.46 Å². The zero-order valence-electron chi connectivity index (χ0n) is 5.42. The summed E-state index contributed by atoms with van der Waals surface area (Å²) in [6.45, 7) is 2.23. The summed E-state index contributed by atoms with van der Waals surface area (Å²) in [7, 11) is -0.833. The van der Waals surface area contributed by atoms with E-state index in [9.17, 15) is 0 Å². The SMILES string of the molecule is CCC[CH2][AlH2].O=PO. The van der Waals surface area contributed by atoms with Crippen molar-refractivity contribution in [3.8, 4) is 0 Å². The van der Waals surface area contributed by atoms with Crippen molar-refractivity contribution in [3.05, 3.63) is 0 Å². The lowest BCUT2D eigenvalue weighted by Gasteiger charge is -1.78. The van der Waals surface area contributed by atoms with Gasteiger partial charge in [0.1, 0.15) is 0 Å². The molecule has 8 heavy (non-hydrogen) atoms. The summed E-state index contributed by atoms with van der Waals surface area (Å²) in [4.78, 5) is 6.99. The van der Waals surface area contributed by atoms with Crippen LogP contribution in [0.2, 0.25) is 5.28 Å². The Labute approximate surface area is 60.0 Å². The molecule has 0 unspecified atom stereocenters. The lowest BCUT2D eigenvalue weighted by atomic mass is 10.4. The molecule has 0 aromatic heterocycles. The largest absolute Gasteiger partial charge is 0.324 e. The van der Waals surface area contributed by atoms with Gasteiger partial charge in [-0.25, -0.2) is 4.57 Å². The van der Waals surface area contributed by atoms with Crippen molar-refractivity contribution in [2.75, 3.05) is 0 Å². The Balaban J connectivity index is 0. The van der Waals surface area contributed by atoms with Gasteiger partial charge < -0.3 is 4.89 Å². The molecule has 0 fully saturated rings. The van der Waals surface area contributed by atoms with Crippen LogP contribution in [-0.4, -0.2) is 21.2 Å². The molecular weight excluding hydrogens is 138 g/mol. The van der Waals surface area contributed by atoms with E-state index in [0.717, 1.165) is 0 Å². The van der Waals surface area contributed by atoms with Crippen LogP contribution in [0.25, 0.3) is 0 Å². The molecule has 48 valence electrons. The van der Waals surface area contributed by atoms with Crippen molar-refractivity contribution in [1.29, 1.82) is 0 Å². The van der Waals surface area contributed by atoms with Gasteiger partial charge in [-0.05, 0) is 0 Å². The Morgan fingerprint density at radius 1 is 1.75 bits per heavy atom. The molecule has 0 aliphatic heterocycles. The third-order valence-electron chi connectivity index (χ3n) is 0.707. The minimum atomic E-state index is -0.833. The topological polar surface area (TPSA) is 37.3 Å². The molecule has 0 rings (SSSR count). The van der Waals surface area contributed by atoms with Crippen LogP contribution >= 0.6 is 8.69 Å². The van der Waals surface area contributed by atoms with Crippen LogP contribution in [0.3, 0.4) is 0 Å². The van der Waals surface area contributed by atoms with Gasteiger partial charge in [0.05, 0.1) is 0 Å². The van der Waals surface area contributed by atoms with Crippen LogP contribution in [0.5, 0.6) is 0 Å². The molecule has 2 nitrogen and oxygen atoms in total. The molecule has 0 aliphatic rings. The Morgan fingerprint density at radius 3 is 2.12 bits per heavy atom. The van der Waals surface area contributed by atoms with Crippen LogP contribution < -0.4 is 0 Å². The Bertz CT molecular complexity index is 41.0. The highest BCUT2D eigenvalue weighted by Gasteiger charge is 1.69. The van der Waals surface area contributed by atoms with Crippen molar-refractivity contribution in [2.24, 2.45) is 0 Å². The van der Waals surface area contributed by atoms with Gasteiger partial charge >= 0.3 is 8.69 Å². The van der Waals surface area contributed by atoms with Crippen LogP contribution in [0.1, 0.15) is 19.8 Å². The normalized spacial score (nSPS) is 7.75. The molecule has 0 spiro atoms. The van der Waals surface area contributed by atoms with E-state index in [1.807, 2.05) is 0 Å². The van der Waals surface area contributed by atoms with Crippen LogP contribution in [0, 0.1) is 0 Å². The summed E-state index contributed by atoms with van der Waals surface area (Å²) in [5.74, 6) is 0. The van der Waals surface area contributed by atoms with Crippen molar-refractivity contribution in [3.63, 3.8) is 0 Å². The first-order valence-electron chi connectivity index (χ1n) is 2.80. The molecule has 4 heteroatoms. The molecule has 0 aromatic rings. The van der Waals surface area contributed by atoms with E-state index < -0.39 is 8.69 Å². The molecule has 0 saturated heterocycles. The number of rotatable bonds is 2. The molecule has 0 bridgehead atoms. The first-order valence-corrected chi connectivity index (χ1v) is 4.98. The zero-order valence-corrected chi connectivity index (χ0v) is 8.32. The molecular formula is C4H12AlO2P. The molecule has 0 radical (unpaired) electrons. The molecule has 0 heterocycles. The van der Waals surface area contributed by atoms with E-state index in [1.54, 1.807) is 0 Å². The average molecular weight is 150 g/mol. The maximum atomic E-state index is 8.46. The van der Waals surface area contributed by atoms with Crippen LogP contribution in [-0.2, 0) is 4.57 Å². The van der Waals surface area contributed by atoms with Gasteiger partial charge in [-0.15, -0.1) is 5.28 Å². The second kappa shape index (κ2) is 15.6. The average Bonchev–Trinajstić information content (AvgIpc) is 1.71. The number of hydrogen-bond acceptors (Lipinski definition) is 1. The highest BCUT2D eigenvalue weighted by atomic mass is 31.1. The summed E-state index contributed by atoms with van der Waals surface area (Å²) in [5.41, 5.74) is 0. The van der Waals surface area contributed by atoms with Crippen molar-refractivity contribution >= 4 is 25.0 Å². The van der Waals surface area contributed by atoms with Gasteiger partial charge in [0, 0.05) is 0 Å². The standard InChI is InChI=1S/C4H9.Al.HO2P.2H/c1-3-4-2;;1-3-2;;/h1,3-4H2,2H3;;(H,1,2);;. The fraction of sp³-hybridized carbons (Fsp3) is 1.00. The monoisotopic (exact) mass is 150 g/mol. The van der Waals surface area contributed by atoms with Crippen molar-refractivity contribution in [1.82, 2.24) is 0 Å². The molecule has 0 saturated carbocycles. The summed E-state index contributed by atoms with van der Waals surface area (Å²) in [6, 6.07) is 0. The highest BCUT2D eigenvalue weighted by Crippen LogP contribution is 1.86. The van der Waals surface area contributed by atoms with E-state index in [4.69, 9.17) is 9.46 Å². The fourth-order valence-electron chi connectivity index (χ4n) is 0.354. The lowest BCUT2D eigenvalue weighted by Crippen LogP contribution is -1.63. The second-order valence-electron chi connectivity index (χ2n) is 1.44. The second-order valence-corrected chi connectivity index (χ2v) is 2.60. The Kier molecular flexibility index (Phi) is 22.3. The van der Waals surface area contributed by atoms with Gasteiger partial charge in [0.2, 0.25) is 16.3 Å². The smallest absolute Gasteiger partial charge is 0.310 e. The van der Waals surface area contributed by atoms with Crippen LogP contribution in [0.15, 0.2) is 0 Å². The van der Waals surface area contributed by atoms with Crippen molar-refractivity contribution in [2.45, 2.75) is 25.0 Å². The quantitative estimate of drug-likeness (QED) is 0.471. The maximum Gasteiger partial charge on any atom is 0.324 e. The van der Waals surface area contributed by atoms with Gasteiger partial charge in [-0.3, -0.25) is 0 Å². The summed E-state index contributed by atoms with van der Waals surface area (Å²) in [6.07, 6.45) is 2.83. The summed E-state index contributed by atoms with van der Waals surface area (Å²) < 4.78 is 8.46. The first kappa shape index (κ1) is 11.4. The first-order chi connectivity index (χ1) is 3.83. The highest BCUT2D eigenvalue weighted by molar-refractivity contribution is 7.16.